The Kier molecular flexibility index (Phi) is 9.40. The predicted octanol–water partition coefficient (Wildman–Crippen LogP) is 5.91. The van der Waals surface area contributed by atoms with Crippen molar-refractivity contribution in [1.82, 2.24) is 34.1 Å². The Morgan fingerprint density at radius 3 is 2.46 bits per heavy atom. The number of piperidine rings is 2. The molecule has 3 amide bonds. The lowest BCUT2D eigenvalue weighted by Gasteiger charge is -2.58. The Bertz CT molecular complexity index is 2550. The van der Waals surface area contributed by atoms with Crippen molar-refractivity contribution in [2.75, 3.05) is 42.9 Å². The number of hydrogen-bond acceptors (Lipinski definition) is 8. The van der Waals surface area contributed by atoms with E-state index >= 15 is 8.78 Å². The number of nitrogens with zero attached hydrogens (tertiary/aromatic N) is 7. The monoisotopic (exact) mass is 819 g/mol. The van der Waals surface area contributed by atoms with Crippen LogP contribution in [0.5, 0.6) is 0 Å². The normalized spacial score (nSPS) is 23.4. The lowest BCUT2D eigenvalue weighted by molar-refractivity contribution is -0.181. The standard InChI is InChI=1S/C41H42F5N9O4/c1-51-35-30(5-3-6-31(35)55(38(51)59)32-14-15-34(56)49-37(32)58)53-21-39(22-53)16-17-52(23-40(39,42)43)19-24-8-11-27(12-9-24)54-20-25-18-26(10-13-28(25)50-54)47-36(57)29-4-2-7-33(48-29)41(44,45)46/h2-7,10,13,18,20,24,27,32H,8-9,11-12,14-17,19,21-23H2,1H3,(H,47,57)(H,49,56,58). The minimum absolute atomic E-state index is 0.114. The molecule has 18 heteroatoms. The Labute approximate surface area is 334 Å². The molecule has 4 aliphatic rings. The zero-order valence-electron chi connectivity index (χ0n) is 32.1. The molecule has 4 fully saturated rings. The van der Waals surface area contributed by atoms with Gasteiger partial charge < -0.3 is 10.2 Å². The average Bonchev–Trinajstić information content (AvgIpc) is 3.71. The molecule has 310 valence electrons. The second-order valence-electron chi connectivity index (χ2n) is 16.6. The second-order valence-corrected chi connectivity index (χ2v) is 16.6. The van der Waals surface area contributed by atoms with Gasteiger partial charge in [-0.3, -0.25) is 38.4 Å². The molecule has 1 unspecified atom stereocenters. The summed E-state index contributed by atoms with van der Waals surface area (Å²) in [6, 6.07) is 12.8. The predicted molar refractivity (Wildman–Crippen MR) is 207 cm³/mol. The van der Waals surface area contributed by atoms with Crippen molar-refractivity contribution in [2.45, 2.75) is 69.1 Å². The van der Waals surface area contributed by atoms with Gasteiger partial charge in [-0.15, -0.1) is 0 Å². The van der Waals surface area contributed by atoms with Gasteiger partial charge in [0.25, 0.3) is 11.8 Å². The number of aromatic nitrogens is 5. The van der Waals surface area contributed by atoms with E-state index in [2.05, 4.69) is 15.6 Å². The number of imide groups is 1. The van der Waals surface area contributed by atoms with E-state index in [1.807, 2.05) is 26.7 Å². The number of carbonyl (C=O) groups excluding carboxylic acids is 3. The van der Waals surface area contributed by atoms with E-state index in [1.54, 1.807) is 37.4 Å². The van der Waals surface area contributed by atoms with E-state index in [1.165, 1.54) is 15.2 Å². The summed E-state index contributed by atoms with van der Waals surface area (Å²) in [5.41, 5.74) is -0.235. The molecule has 1 saturated carbocycles. The molecule has 1 aliphatic carbocycles. The largest absolute Gasteiger partial charge is 0.433 e. The maximum absolute atomic E-state index is 16.1. The minimum Gasteiger partial charge on any atom is -0.368 e. The molecule has 3 aromatic heterocycles. The lowest BCUT2D eigenvalue weighted by atomic mass is 9.68. The van der Waals surface area contributed by atoms with Gasteiger partial charge in [-0.1, -0.05) is 12.1 Å². The highest BCUT2D eigenvalue weighted by atomic mass is 19.4. The van der Waals surface area contributed by atoms with Crippen LogP contribution in [0.2, 0.25) is 0 Å². The summed E-state index contributed by atoms with van der Waals surface area (Å²) in [5.74, 6) is -4.33. The van der Waals surface area contributed by atoms with Gasteiger partial charge in [0.1, 0.15) is 17.4 Å². The van der Waals surface area contributed by atoms with Gasteiger partial charge >= 0.3 is 11.9 Å². The number of carbonyl (C=O) groups is 3. The first-order chi connectivity index (χ1) is 28.1. The number of alkyl halides is 5. The Balaban J connectivity index is 0.796. The minimum atomic E-state index is -4.67. The van der Waals surface area contributed by atoms with Crippen molar-refractivity contribution in [1.29, 1.82) is 0 Å². The third-order valence-corrected chi connectivity index (χ3v) is 12.8. The van der Waals surface area contributed by atoms with Crippen LogP contribution in [0.1, 0.15) is 73.2 Å². The molecule has 0 bridgehead atoms. The molecule has 3 aliphatic heterocycles. The number of para-hydroxylation sites is 1. The van der Waals surface area contributed by atoms with Crippen LogP contribution in [0.4, 0.5) is 33.3 Å². The Morgan fingerprint density at radius 2 is 1.73 bits per heavy atom. The van der Waals surface area contributed by atoms with Crippen LogP contribution in [0.3, 0.4) is 0 Å². The fourth-order valence-corrected chi connectivity index (χ4v) is 9.57. The van der Waals surface area contributed by atoms with Crippen molar-refractivity contribution in [2.24, 2.45) is 18.4 Å². The number of fused-ring (bicyclic) bond motifs is 2. The van der Waals surface area contributed by atoms with E-state index < -0.39 is 46.8 Å². The lowest BCUT2D eigenvalue weighted by Crippen LogP contribution is -2.70. The molecule has 0 radical (unpaired) electrons. The molecule has 59 heavy (non-hydrogen) atoms. The van der Waals surface area contributed by atoms with Gasteiger partial charge in [0.05, 0.1) is 40.2 Å². The summed E-state index contributed by atoms with van der Waals surface area (Å²) >= 11 is 0. The molecule has 1 atom stereocenters. The van der Waals surface area contributed by atoms with Gasteiger partial charge in [-0.05, 0) is 93.5 Å². The molecule has 3 saturated heterocycles. The van der Waals surface area contributed by atoms with Crippen molar-refractivity contribution < 1.29 is 36.3 Å². The highest BCUT2D eigenvalue weighted by molar-refractivity contribution is 6.04. The molecule has 6 heterocycles. The summed E-state index contributed by atoms with van der Waals surface area (Å²) in [6.45, 7) is 1.12. The molecule has 9 rings (SSSR count). The van der Waals surface area contributed by atoms with Gasteiger partial charge in [-0.2, -0.15) is 18.3 Å². The van der Waals surface area contributed by atoms with Crippen molar-refractivity contribution in [3.63, 3.8) is 0 Å². The fraction of sp³-hybridized carbons (Fsp3) is 0.463. The first-order valence-corrected chi connectivity index (χ1v) is 19.8. The summed E-state index contributed by atoms with van der Waals surface area (Å²) < 4.78 is 76.3. The average molecular weight is 820 g/mol. The zero-order chi connectivity index (χ0) is 41.4. The van der Waals surface area contributed by atoms with Crippen LogP contribution in [0.25, 0.3) is 21.9 Å². The zero-order valence-corrected chi connectivity index (χ0v) is 32.1. The number of hydrogen-bond donors (Lipinski definition) is 2. The second kappa shape index (κ2) is 14.3. The van der Waals surface area contributed by atoms with Crippen LogP contribution < -0.4 is 21.2 Å². The third-order valence-electron chi connectivity index (χ3n) is 12.8. The quantitative estimate of drug-likeness (QED) is 0.153. The van der Waals surface area contributed by atoms with Gasteiger partial charge in [0.2, 0.25) is 11.8 Å². The molecular weight excluding hydrogens is 778 g/mol. The molecule has 13 nitrogen and oxygen atoms in total. The van der Waals surface area contributed by atoms with Crippen LogP contribution in [0.15, 0.2) is 65.6 Å². The fourth-order valence-electron chi connectivity index (χ4n) is 9.57. The number of anilines is 2. The van der Waals surface area contributed by atoms with Gasteiger partial charge in [0.15, 0.2) is 0 Å². The van der Waals surface area contributed by atoms with Gasteiger partial charge in [-0.25, -0.2) is 18.6 Å². The number of halogens is 5. The van der Waals surface area contributed by atoms with Crippen LogP contribution in [-0.4, -0.2) is 85.2 Å². The van der Waals surface area contributed by atoms with Crippen molar-refractivity contribution in [3.05, 3.63) is 82.7 Å². The summed E-state index contributed by atoms with van der Waals surface area (Å²) in [4.78, 5) is 57.8. The Hall–Kier alpha value is -5.65. The molecular formula is C41H42F5N9O4. The van der Waals surface area contributed by atoms with E-state index in [4.69, 9.17) is 5.10 Å². The van der Waals surface area contributed by atoms with Crippen molar-refractivity contribution in [3.8, 4) is 0 Å². The number of likely N-dealkylation sites (tertiary alicyclic amines) is 1. The van der Waals surface area contributed by atoms with E-state index in [0.717, 1.165) is 43.2 Å². The SMILES string of the molecule is Cn1c(=O)n(C2CCC(=O)NC2=O)c2cccc(N3CC4(CCN(CC5CCC(n6cc7cc(NC(=O)c8cccc(C(F)(F)F)n8)ccc7n6)CC5)CC4(F)F)C3)c21. The van der Waals surface area contributed by atoms with E-state index in [0.29, 0.717) is 47.4 Å². The summed E-state index contributed by atoms with van der Waals surface area (Å²) in [6.07, 6.45) is 1.25. The van der Waals surface area contributed by atoms with E-state index in [-0.39, 0.29) is 56.0 Å². The number of rotatable bonds is 7. The Morgan fingerprint density at radius 1 is 0.966 bits per heavy atom. The summed E-state index contributed by atoms with van der Waals surface area (Å²) in [5, 5.41) is 10.4. The maximum atomic E-state index is 16.1. The van der Waals surface area contributed by atoms with Crippen LogP contribution in [-0.2, 0) is 22.8 Å². The number of pyridine rings is 1. The number of nitrogens with one attached hydrogen (secondary N) is 2. The highest BCUT2D eigenvalue weighted by Gasteiger charge is 2.62. The maximum Gasteiger partial charge on any atom is 0.433 e. The number of imidazole rings is 1. The topological polar surface area (TPSA) is 139 Å². The molecule has 2 aromatic carbocycles. The molecule has 5 aromatic rings. The van der Waals surface area contributed by atoms with Crippen LogP contribution >= 0.6 is 0 Å². The number of benzene rings is 2. The van der Waals surface area contributed by atoms with Crippen molar-refractivity contribution >= 4 is 51.0 Å². The van der Waals surface area contributed by atoms with Crippen LogP contribution in [0, 0.1) is 11.3 Å². The first-order valence-electron chi connectivity index (χ1n) is 19.8. The number of amides is 3. The highest BCUT2D eigenvalue weighted by Crippen LogP contribution is 2.52. The smallest absolute Gasteiger partial charge is 0.368 e. The van der Waals surface area contributed by atoms with E-state index in [9.17, 15) is 32.3 Å². The summed E-state index contributed by atoms with van der Waals surface area (Å²) in [7, 11) is 1.61. The first kappa shape index (κ1) is 38.8. The van der Waals surface area contributed by atoms with Gasteiger partial charge in [0, 0.05) is 50.4 Å². The molecule has 2 N–H and O–H groups in total. The third kappa shape index (κ3) is 6.93. The molecule has 1 spiro atoms. The number of aryl methyl sites for hydroxylation is 1.